The van der Waals surface area contributed by atoms with Crippen molar-refractivity contribution in [3.63, 3.8) is 0 Å². The Bertz CT molecular complexity index is 947. The van der Waals surface area contributed by atoms with Gasteiger partial charge in [-0.25, -0.2) is 0 Å². The van der Waals surface area contributed by atoms with Gasteiger partial charge >= 0.3 is 0 Å². The average molecular weight is 292 g/mol. The van der Waals surface area contributed by atoms with Crippen LogP contribution in [0.25, 0.3) is 11.0 Å². The van der Waals surface area contributed by atoms with Crippen LogP contribution in [0.1, 0.15) is 27.9 Å². The summed E-state index contributed by atoms with van der Waals surface area (Å²) in [7, 11) is 1.65. The van der Waals surface area contributed by atoms with Gasteiger partial charge in [0.25, 0.3) is 5.91 Å². The fraction of sp³-hybridized carbons (Fsp3) is 0.118. The van der Waals surface area contributed by atoms with Crippen molar-refractivity contribution >= 4 is 16.9 Å². The molecular weight excluding hydrogens is 280 g/mol. The van der Waals surface area contributed by atoms with Crippen LogP contribution in [0.15, 0.2) is 57.9 Å². The monoisotopic (exact) mass is 292 g/mol. The number of rotatable bonds is 1. The topological polar surface area (TPSA) is 63.4 Å². The molecule has 3 heterocycles. The molecule has 4 rings (SSSR count). The summed E-state index contributed by atoms with van der Waals surface area (Å²) in [6, 6.07) is 11.9. The maximum Gasteiger partial charge on any atom is 0.290 e. The van der Waals surface area contributed by atoms with E-state index in [1.807, 2.05) is 6.07 Å². The Hall–Kier alpha value is -2.95. The molecule has 108 valence electrons. The van der Waals surface area contributed by atoms with Crippen LogP contribution in [0.5, 0.6) is 0 Å². The van der Waals surface area contributed by atoms with Crippen LogP contribution in [-0.4, -0.2) is 22.8 Å². The van der Waals surface area contributed by atoms with Gasteiger partial charge in [0.15, 0.2) is 5.43 Å². The number of aromatic nitrogens is 1. The number of fused-ring (bicyclic) bond motifs is 2. The number of hydrogen-bond acceptors (Lipinski definition) is 4. The molecule has 0 unspecified atom stereocenters. The van der Waals surface area contributed by atoms with Gasteiger partial charge in [0.1, 0.15) is 11.6 Å². The Labute approximate surface area is 125 Å². The number of carbonyl (C=O) groups excluding carboxylic acids is 1. The number of hydrogen-bond donors (Lipinski definition) is 0. The fourth-order valence-electron chi connectivity index (χ4n) is 2.92. The van der Waals surface area contributed by atoms with Crippen molar-refractivity contribution in [1.29, 1.82) is 0 Å². The molecule has 0 bridgehead atoms. The molecule has 0 spiro atoms. The van der Waals surface area contributed by atoms with E-state index in [1.165, 1.54) is 4.90 Å². The second-order valence-electron chi connectivity index (χ2n) is 5.24. The Kier molecular flexibility index (Phi) is 2.63. The lowest BCUT2D eigenvalue weighted by Gasteiger charge is -2.18. The van der Waals surface area contributed by atoms with Gasteiger partial charge in [0, 0.05) is 13.2 Å². The molecule has 0 N–H and O–H groups in total. The number of benzene rings is 1. The molecule has 0 saturated heterocycles. The molecule has 5 nitrogen and oxygen atoms in total. The fourth-order valence-corrected chi connectivity index (χ4v) is 2.92. The first kappa shape index (κ1) is 12.8. The lowest BCUT2D eigenvalue weighted by Crippen LogP contribution is -2.25. The number of para-hydroxylation sites is 1. The van der Waals surface area contributed by atoms with Crippen molar-refractivity contribution in [2.45, 2.75) is 6.04 Å². The van der Waals surface area contributed by atoms with E-state index in [2.05, 4.69) is 4.98 Å². The second-order valence-corrected chi connectivity index (χ2v) is 5.24. The molecule has 0 aliphatic carbocycles. The molecule has 1 aliphatic heterocycles. The van der Waals surface area contributed by atoms with Crippen LogP contribution in [0.3, 0.4) is 0 Å². The van der Waals surface area contributed by atoms with Crippen molar-refractivity contribution < 1.29 is 9.21 Å². The number of nitrogens with zero attached hydrogens (tertiary/aromatic N) is 2. The molecule has 22 heavy (non-hydrogen) atoms. The van der Waals surface area contributed by atoms with Crippen molar-refractivity contribution in [2.75, 3.05) is 7.05 Å². The SMILES string of the molecule is CN1C(=O)c2oc3ccccc3c(=O)c2[C@@H]1c1ccccn1. The van der Waals surface area contributed by atoms with Gasteiger partial charge in [0.2, 0.25) is 5.76 Å². The van der Waals surface area contributed by atoms with E-state index in [-0.39, 0.29) is 17.1 Å². The molecule has 1 atom stereocenters. The van der Waals surface area contributed by atoms with Gasteiger partial charge in [0.05, 0.1) is 16.6 Å². The molecule has 5 heteroatoms. The van der Waals surface area contributed by atoms with Crippen LogP contribution in [0.2, 0.25) is 0 Å². The number of amides is 1. The number of pyridine rings is 1. The van der Waals surface area contributed by atoms with Crippen LogP contribution in [-0.2, 0) is 0 Å². The zero-order chi connectivity index (χ0) is 15.3. The van der Waals surface area contributed by atoms with E-state index in [0.717, 1.165) is 0 Å². The summed E-state index contributed by atoms with van der Waals surface area (Å²) in [6.07, 6.45) is 1.65. The Morgan fingerprint density at radius 2 is 1.86 bits per heavy atom. The summed E-state index contributed by atoms with van der Waals surface area (Å²) >= 11 is 0. The standard InChI is InChI=1S/C17H12N2O3/c1-19-14(11-7-4-5-9-18-11)13-15(20)10-6-2-3-8-12(10)22-16(13)17(19)21/h2-9,14H,1H3/t14-/m0/s1. The third-order valence-electron chi connectivity index (χ3n) is 3.98. The minimum Gasteiger partial charge on any atom is -0.450 e. The van der Waals surface area contributed by atoms with Gasteiger partial charge in [-0.3, -0.25) is 14.6 Å². The largest absolute Gasteiger partial charge is 0.450 e. The zero-order valence-corrected chi connectivity index (χ0v) is 11.8. The van der Waals surface area contributed by atoms with Gasteiger partial charge in [-0.15, -0.1) is 0 Å². The highest BCUT2D eigenvalue weighted by atomic mass is 16.3. The summed E-state index contributed by atoms with van der Waals surface area (Å²) in [5.41, 5.74) is 1.27. The molecule has 0 fully saturated rings. The molecule has 2 aromatic heterocycles. The third-order valence-corrected chi connectivity index (χ3v) is 3.98. The minimum absolute atomic E-state index is 0.113. The van der Waals surface area contributed by atoms with Gasteiger partial charge in [-0.2, -0.15) is 0 Å². The summed E-state index contributed by atoms with van der Waals surface area (Å²) in [6.45, 7) is 0. The van der Waals surface area contributed by atoms with Crippen LogP contribution < -0.4 is 5.43 Å². The van der Waals surface area contributed by atoms with Crippen LogP contribution >= 0.6 is 0 Å². The zero-order valence-electron chi connectivity index (χ0n) is 11.8. The maximum absolute atomic E-state index is 12.8. The highest BCUT2D eigenvalue weighted by molar-refractivity contribution is 5.98. The molecule has 1 aliphatic rings. The van der Waals surface area contributed by atoms with Gasteiger partial charge in [-0.05, 0) is 24.3 Å². The molecule has 3 aromatic rings. The first-order chi connectivity index (χ1) is 10.7. The van der Waals surface area contributed by atoms with E-state index >= 15 is 0 Å². The normalized spacial score (nSPS) is 17.0. The Balaban J connectivity index is 2.06. The summed E-state index contributed by atoms with van der Waals surface area (Å²) < 4.78 is 5.70. The lowest BCUT2D eigenvalue weighted by molar-refractivity contribution is 0.0769. The molecule has 1 aromatic carbocycles. The van der Waals surface area contributed by atoms with Crippen molar-refractivity contribution in [3.05, 3.63) is 75.9 Å². The van der Waals surface area contributed by atoms with Crippen molar-refractivity contribution in [3.8, 4) is 0 Å². The highest BCUT2D eigenvalue weighted by Gasteiger charge is 2.41. The van der Waals surface area contributed by atoms with Crippen molar-refractivity contribution in [2.24, 2.45) is 0 Å². The first-order valence-corrected chi connectivity index (χ1v) is 6.92. The van der Waals surface area contributed by atoms with Crippen LogP contribution in [0.4, 0.5) is 0 Å². The highest BCUT2D eigenvalue weighted by Crippen LogP contribution is 2.35. The summed E-state index contributed by atoms with van der Waals surface area (Å²) in [5, 5.41) is 0.477. The van der Waals surface area contributed by atoms with E-state index in [4.69, 9.17) is 4.42 Å². The van der Waals surface area contributed by atoms with Gasteiger partial charge in [-0.1, -0.05) is 18.2 Å². The smallest absolute Gasteiger partial charge is 0.290 e. The average Bonchev–Trinajstić information content (AvgIpc) is 2.81. The minimum atomic E-state index is -0.510. The molecule has 1 amide bonds. The van der Waals surface area contributed by atoms with E-state index in [1.54, 1.807) is 49.6 Å². The molecule has 0 radical (unpaired) electrons. The third kappa shape index (κ3) is 1.62. The van der Waals surface area contributed by atoms with Gasteiger partial charge < -0.3 is 9.32 Å². The van der Waals surface area contributed by atoms with E-state index < -0.39 is 6.04 Å². The van der Waals surface area contributed by atoms with E-state index in [0.29, 0.717) is 22.2 Å². The second kappa shape index (κ2) is 4.53. The summed E-state index contributed by atoms with van der Waals surface area (Å²) in [5.74, 6) is -0.185. The predicted molar refractivity (Wildman–Crippen MR) is 80.7 cm³/mol. The van der Waals surface area contributed by atoms with E-state index in [9.17, 15) is 9.59 Å². The quantitative estimate of drug-likeness (QED) is 0.690. The van der Waals surface area contributed by atoms with Crippen molar-refractivity contribution in [1.82, 2.24) is 9.88 Å². The first-order valence-electron chi connectivity index (χ1n) is 6.92. The Morgan fingerprint density at radius 3 is 2.64 bits per heavy atom. The van der Waals surface area contributed by atoms with Crippen LogP contribution in [0, 0.1) is 0 Å². The Morgan fingerprint density at radius 1 is 1.09 bits per heavy atom. The molecule has 0 saturated carbocycles. The number of carbonyl (C=O) groups is 1. The molecular formula is C17H12N2O3. The maximum atomic E-state index is 12.8. The lowest BCUT2D eigenvalue weighted by atomic mass is 10.0. The predicted octanol–water partition coefficient (Wildman–Crippen LogP) is 2.36. The summed E-state index contributed by atoms with van der Waals surface area (Å²) in [4.78, 5) is 31.1.